The van der Waals surface area contributed by atoms with Crippen molar-refractivity contribution in [3.05, 3.63) is 495 Å². The lowest BCUT2D eigenvalue weighted by Crippen LogP contribution is -2.14. The van der Waals surface area contributed by atoms with Gasteiger partial charge in [0.05, 0.1) is 32.9 Å². The first kappa shape index (κ1) is 60.7. The minimum absolute atomic E-state index is 0.170. The number of hydrogen-bond acceptors (Lipinski definition) is 3. The molecule has 0 atom stereocenters. The molecule has 0 unspecified atom stereocenters. The summed E-state index contributed by atoms with van der Waals surface area (Å²) in [5, 5.41) is 12.2. The van der Waals surface area contributed by atoms with Crippen molar-refractivity contribution in [1.29, 1.82) is 0 Å². The van der Waals surface area contributed by atoms with Crippen molar-refractivity contribution in [2.75, 3.05) is 0 Å². The van der Waals surface area contributed by atoms with Gasteiger partial charge in [-0.3, -0.25) is 0 Å². The van der Waals surface area contributed by atoms with Crippen molar-refractivity contribution < 1.29 is 46.1 Å². The standard InChI is InChI=1S/2C47H32O.C44H26O/c1-47(2)40-22-9-7-15-32(40)33-26-25-30(28-41(33)47)29-13-11-14-31(27-29)44-34-16-3-5-18-36(34)45(37-19-6-4-17-35(37)44)39-21-12-24-43-46(39)38-20-8-10-23-42(38)48-43;1-47(2)40-19-9-7-12-32(40)33-27-26-31(28-41(33)47)29-22-24-30(25-23-29)44-34-13-3-5-15-36(34)45(37-16-6-4-14-35(37)44)39-18-11-21-43-46(39)38-17-8-10-20-42(38)48-43;1-2-13-29-27(12-1)24-25-28-26-38(30-14-3-4-15-31(30)41(28)29)43-34-18-7-5-16-32(34)42(33-17-6-8-19-35(33)43)37-21-11-23-40-44(37)36-20-9-10-22-39(36)45-40/h2*3-28H,1-2H3;1-26H/i3D,4D,5D,6D,16D,17D,18D,19D;3D,4D,5D,6D,13D,14D,15D,16D;5D,6D,7D,8D,16D,17D,18D,19D. The maximum atomic E-state index is 9.51. The first-order valence-corrected chi connectivity index (χ1v) is 47.1. The summed E-state index contributed by atoms with van der Waals surface area (Å²) < 4.78 is 238. The molecule has 2 aliphatic carbocycles. The SMILES string of the molecule is [2H]c1c([2H])c([2H])c2c(-c3cccc4oc5ccccc5c34)c3c([2H])c([2H])c([2H])c([2H])c3c(-c3cc4ccc5ccccc5c4c4ccccc34)c2c1[2H].[2H]c1c([2H])c([2H])c2c(-c3cccc4oc5ccccc5c34)c3c([2H])c([2H])c([2H])c([2H])c3c(-c3ccc(-c4ccc5c(c4)C(C)(C)c4ccccc4-5)cc3)c2c1[2H].[2H]c1c([2H])c([2H])c2c(-c3cccc4oc5ccccc5c34)c3c([2H])c([2H])c([2H])c([2H])c3c(-c3cccc(-c4ccc5c(c4)C(C)(C)c4ccccc4-5)c3)c2c1[2H]. The van der Waals surface area contributed by atoms with E-state index in [1.165, 1.54) is 44.5 Å². The maximum absolute atomic E-state index is 9.51. The zero-order chi connectivity index (χ0) is 114. The van der Waals surface area contributed by atoms with Gasteiger partial charge in [-0.05, 0) is 291 Å². The number of hydrogen-bond donors (Lipinski definition) is 0. The topological polar surface area (TPSA) is 39.4 Å². The summed E-state index contributed by atoms with van der Waals surface area (Å²) in [6, 6.07) is 97.5. The van der Waals surface area contributed by atoms with Crippen molar-refractivity contribution in [2.45, 2.75) is 38.5 Å². The number of para-hydroxylation sites is 3. The van der Waals surface area contributed by atoms with Gasteiger partial charge in [0, 0.05) is 43.1 Å². The van der Waals surface area contributed by atoms with E-state index >= 15 is 0 Å². The number of benzene rings is 25. The molecule has 141 heavy (non-hydrogen) atoms. The first-order valence-electron chi connectivity index (χ1n) is 59.1. The molecule has 0 bridgehead atoms. The van der Waals surface area contributed by atoms with E-state index < -0.39 is 72.5 Å². The second-order valence-electron chi connectivity index (χ2n) is 37.5. The monoisotopic (exact) mass is 1820 g/mol. The molecule has 25 aromatic carbocycles. The lowest BCUT2D eigenvalue weighted by molar-refractivity contribution is 0.660. The van der Waals surface area contributed by atoms with Crippen molar-refractivity contribution in [3.63, 3.8) is 0 Å². The van der Waals surface area contributed by atoms with E-state index in [1.807, 2.05) is 212 Å². The summed E-state index contributed by atoms with van der Waals surface area (Å²) in [4.78, 5) is 0. The third kappa shape index (κ3) is 12.6. The van der Waals surface area contributed by atoms with Crippen LogP contribution in [0.5, 0.6) is 0 Å². The van der Waals surface area contributed by atoms with E-state index in [0.717, 1.165) is 70.7 Å². The fraction of sp³-hybridized carbons (Fsp3) is 0.0435. The average Bonchev–Trinajstić information content (AvgIpc) is 1.09. The van der Waals surface area contributed by atoms with Crippen molar-refractivity contribution in [3.8, 4) is 111 Å². The van der Waals surface area contributed by atoms with E-state index in [1.54, 1.807) is 18.2 Å². The molecule has 0 amide bonds. The molecule has 0 saturated carbocycles. The molecule has 3 nitrogen and oxygen atoms in total. The molecule has 0 spiro atoms. The number of rotatable bonds is 8. The molecule has 3 heteroatoms. The molecule has 30 rings (SSSR count). The normalized spacial score (nSPS) is 15.3. The molecular weight excluding hydrogens is 1710 g/mol. The Balaban J connectivity index is 0.000000116. The summed E-state index contributed by atoms with van der Waals surface area (Å²) >= 11 is 0. The molecule has 2 aliphatic rings. The Morgan fingerprint density at radius 1 is 0.163 bits per heavy atom. The van der Waals surface area contributed by atoms with Crippen LogP contribution in [-0.4, -0.2) is 0 Å². The van der Waals surface area contributed by atoms with Gasteiger partial charge in [0.25, 0.3) is 0 Å². The summed E-state index contributed by atoms with van der Waals surface area (Å²) in [5.41, 5.74) is 21.9. The fourth-order valence-electron chi connectivity index (χ4n) is 23.0. The highest BCUT2D eigenvalue weighted by atomic mass is 16.3. The summed E-state index contributed by atoms with van der Waals surface area (Å²) in [6.07, 6.45) is 0. The van der Waals surface area contributed by atoms with Crippen molar-refractivity contribution >= 4 is 163 Å². The van der Waals surface area contributed by atoms with E-state index in [-0.39, 0.29) is 148 Å². The van der Waals surface area contributed by atoms with E-state index in [4.69, 9.17) is 29.7 Å². The molecule has 0 saturated heterocycles. The number of furan rings is 3. The van der Waals surface area contributed by atoms with Crippen LogP contribution >= 0.6 is 0 Å². The molecule has 0 aliphatic heterocycles. The Hall–Kier alpha value is -17.8. The van der Waals surface area contributed by atoms with E-state index in [9.17, 15) is 16.4 Å². The molecule has 0 N–H and O–H groups in total. The molecule has 0 fully saturated rings. The van der Waals surface area contributed by atoms with Gasteiger partial charge in [0.2, 0.25) is 0 Å². The van der Waals surface area contributed by atoms with E-state index in [2.05, 4.69) is 125 Å². The molecule has 660 valence electrons. The van der Waals surface area contributed by atoms with Gasteiger partial charge < -0.3 is 13.3 Å². The van der Waals surface area contributed by atoms with Crippen LogP contribution in [0.2, 0.25) is 0 Å². The van der Waals surface area contributed by atoms with Gasteiger partial charge in [-0.1, -0.05) is 440 Å². The average molecular weight is 1820 g/mol. The Morgan fingerprint density at radius 2 is 0.447 bits per heavy atom. The van der Waals surface area contributed by atoms with Gasteiger partial charge in [-0.2, -0.15) is 0 Å². The van der Waals surface area contributed by atoms with Crippen LogP contribution in [0, 0.1) is 0 Å². The number of fused-ring (bicyclic) bond motifs is 26. The Labute approximate surface area is 849 Å². The third-order valence-corrected chi connectivity index (χ3v) is 29.3. The van der Waals surface area contributed by atoms with Crippen LogP contribution in [0.15, 0.2) is 486 Å². The molecule has 0 radical (unpaired) electrons. The predicted octanol–water partition coefficient (Wildman–Crippen LogP) is 39.1. The zero-order valence-electron chi connectivity index (χ0n) is 100. The van der Waals surface area contributed by atoms with Gasteiger partial charge in [0.1, 0.15) is 33.5 Å². The largest absolute Gasteiger partial charge is 0.456 e. The molecular formula is C138H90O3. The van der Waals surface area contributed by atoms with Crippen molar-refractivity contribution in [1.82, 2.24) is 0 Å². The van der Waals surface area contributed by atoms with Crippen LogP contribution in [0.4, 0.5) is 0 Å². The van der Waals surface area contributed by atoms with E-state index in [0.29, 0.717) is 116 Å². The highest BCUT2D eigenvalue weighted by Crippen LogP contribution is 2.57. The smallest absolute Gasteiger partial charge is 0.136 e. The Bertz CT molecular complexity index is 11500. The second-order valence-corrected chi connectivity index (χ2v) is 37.5. The summed E-state index contributed by atoms with van der Waals surface area (Å²) in [5.74, 6) is 0. The predicted molar refractivity (Wildman–Crippen MR) is 597 cm³/mol. The lowest BCUT2D eigenvalue weighted by Gasteiger charge is -2.22. The van der Waals surface area contributed by atoms with Gasteiger partial charge in [-0.15, -0.1) is 0 Å². The summed E-state index contributed by atoms with van der Waals surface area (Å²) in [6.45, 7) is 8.93. The first-order chi connectivity index (χ1) is 79.5. The van der Waals surface area contributed by atoms with Crippen LogP contribution in [0.25, 0.3) is 274 Å². The van der Waals surface area contributed by atoms with Crippen LogP contribution in [-0.2, 0) is 10.8 Å². The lowest BCUT2D eigenvalue weighted by atomic mass is 9.81. The Morgan fingerprint density at radius 3 is 0.872 bits per heavy atom. The van der Waals surface area contributed by atoms with Crippen LogP contribution < -0.4 is 0 Å². The highest BCUT2D eigenvalue weighted by molar-refractivity contribution is 6.32. The highest BCUT2D eigenvalue weighted by Gasteiger charge is 2.38. The molecule has 28 aromatic rings. The van der Waals surface area contributed by atoms with Gasteiger partial charge in [-0.25, -0.2) is 0 Å². The zero-order valence-corrected chi connectivity index (χ0v) is 76.4. The Kier molecular flexibility index (Phi) is 13.7. The minimum Gasteiger partial charge on any atom is -0.456 e. The summed E-state index contributed by atoms with van der Waals surface area (Å²) in [7, 11) is 0. The van der Waals surface area contributed by atoms with Crippen molar-refractivity contribution in [2.24, 2.45) is 0 Å². The quantitative estimate of drug-likeness (QED) is 0.112. The molecule has 3 heterocycles. The molecule has 3 aromatic heterocycles. The second kappa shape index (κ2) is 31.9. The van der Waals surface area contributed by atoms with Gasteiger partial charge >= 0.3 is 0 Å². The van der Waals surface area contributed by atoms with Crippen LogP contribution in [0.3, 0.4) is 0 Å². The van der Waals surface area contributed by atoms with Gasteiger partial charge in [0.15, 0.2) is 0 Å². The fourth-order valence-corrected chi connectivity index (χ4v) is 23.0. The van der Waals surface area contributed by atoms with Crippen LogP contribution in [0.1, 0.15) is 82.8 Å². The minimum atomic E-state index is -0.436. The maximum Gasteiger partial charge on any atom is 0.136 e. The third-order valence-electron chi connectivity index (χ3n) is 29.3.